The van der Waals surface area contributed by atoms with Gasteiger partial charge < -0.3 is 20.9 Å². The van der Waals surface area contributed by atoms with Gasteiger partial charge in [0.15, 0.2) is 0 Å². The quantitative estimate of drug-likeness (QED) is 0.331. The number of amides is 1. The third kappa shape index (κ3) is 6.06. The molecule has 0 heterocycles. The molecule has 1 atom stereocenters. The summed E-state index contributed by atoms with van der Waals surface area (Å²) in [4.78, 5) is 20.9. The molecule has 0 aromatic rings. The number of nitrogens with two attached hydrogens (primary N) is 1. The summed E-state index contributed by atoms with van der Waals surface area (Å²) in [5.41, 5.74) is 4.78. The number of aliphatic hydroxyl groups excluding tert-OH is 1. The van der Waals surface area contributed by atoms with Gasteiger partial charge in [-0.1, -0.05) is 0 Å². The van der Waals surface area contributed by atoms with Gasteiger partial charge in [-0.3, -0.25) is 9.59 Å². The Morgan fingerprint density at radius 3 is 2.69 bits per heavy atom. The highest BCUT2D eigenvalue weighted by atomic mass is 16.5. The van der Waals surface area contributed by atoms with Crippen molar-refractivity contribution in [1.29, 1.82) is 0 Å². The largest absolute Gasteiger partial charge is 0.469 e. The molecule has 1 amide bonds. The molecule has 4 N–H and O–H groups in total. The second-order valence-corrected chi connectivity index (χ2v) is 2.45. The van der Waals surface area contributed by atoms with Gasteiger partial charge in [0.1, 0.15) is 6.10 Å². The predicted molar refractivity (Wildman–Crippen MR) is 44.7 cm³/mol. The molecule has 0 saturated carbocycles. The van der Waals surface area contributed by atoms with Crippen LogP contribution in [0, 0.1) is 0 Å². The van der Waals surface area contributed by atoms with E-state index in [0.717, 1.165) is 0 Å². The van der Waals surface area contributed by atoms with Crippen LogP contribution in [-0.2, 0) is 14.3 Å². The fourth-order valence-electron chi connectivity index (χ4n) is 0.632. The second kappa shape index (κ2) is 6.38. The van der Waals surface area contributed by atoms with Gasteiger partial charge in [0.2, 0.25) is 5.91 Å². The molecule has 0 bridgehead atoms. The molecule has 6 heteroatoms. The minimum absolute atomic E-state index is 0.0479. The SMILES string of the molecule is COC(=O)CCNCC(O)C(N)=O. The molecular weight excluding hydrogens is 176 g/mol. The normalized spacial score (nSPS) is 12.2. The highest BCUT2D eigenvalue weighted by molar-refractivity contribution is 5.78. The van der Waals surface area contributed by atoms with Crippen LogP contribution in [0.3, 0.4) is 0 Å². The first-order chi connectivity index (χ1) is 6.07. The second-order valence-electron chi connectivity index (χ2n) is 2.45. The van der Waals surface area contributed by atoms with Crippen molar-refractivity contribution in [2.45, 2.75) is 12.5 Å². The summed E-state index contributed by atoms with van der Waals surface area (Å²) in [5.74, 6) is -1.13. The van der Waals surface area contributed by atoms with Crippen molar-refractivity contribution < 1.29 is 19.4 Å². The first kappa shape index (κ1) is 11.9. The smallest absolute Gasteiger partial charge is 0.306 e. The van der Waals surface area contributed by atoms with E-state index in [1.807, 2.05) is 0 Å². The number of rotatable bonds is 6. The molecule has 0 spiro atoms. The molecule has 0 radical (unpaired) electrons. The zero-order valence-corrected chi connectivity index (χ0v) is 7.45. The summed E-state index contributed by atoms with van der Waals surface area (Å²) in [6.45, 7) is 0.392. The molecule has 76 valence electrons. The van der Waals surface area contributed by atoms with Crippen LogP contribution in [0.1, 0.15) is 6.42 Å². The summed E-state index contributed by atoms with van der Waals surface area (Å²) in [6, 6.07) is 0. The number of esters is 1. The first-order valence-corrected chi connectivity index (χ1v) is 3.83. The van der Waals surface area contributed by atoms with Crippen LogP contribution in [-0.4, -0.2) is 43.3 Å². The number of nitrogens with one attached hydrogen (secondary N) is 1. The zero-order chi connectivity index (χ0) is 10.3. The zero-order valence-electron chi connectivity index (χ0n) is 7.45. The van der Waals surface area contributed by atoms with Crippen molar-refractivity contribution in [2.24, 2.45) is 5.73 Å². The molecule has 0 fully saturated rings. The van der Waals surface area contributed by atoms with Crippen LogP contribution >= 0.6 is 0 Å². The Morgan fingerprint density at radius 1 is 1.62 bits per heavy atom. The number of primary amides is 1. The van der Waals surface area contributed by atoms with Gasteiger partial charge >= 0.3 is 5.97 Å². The third-order valence-corrected chi connectivity index (χ3v) is 1.40. The van der Waals surface area contributed by atoms with Crippen LogP contribution in [0.15, 0.2) is 0 Å². The van der Waals surface area contributed by atoms with E-state index in [-0.39, 0.29) is 18.9 Å². The highest BCUT2D eigenvalue weighted by Crippen LogP contribution is 1.82. The fraction of sp³-hybridized carbons (Fsp3) is 0.714. The first-order valence-electron chi connectivity index (χ1n) is 3.83. The molecule has 0 aliphatic carbocycles. The van der Waals surface area contributed by atoms with E-state index in [1.54, 1.807) is 0 Å². The maximum absolute atomic E-state index is 10.6. The molecular formula is C7H14N2O4. The predicted octanol–water partition coefficient (Wildman–Crippen LogP) is -2.01. The lowest BCUT2D eigenvalue weighted by Crippen LogP contribution is -2.38. The molecule has 6 nitrogen and oxygen atoms in total. The Kier molecular flexibility index (Phi) is 5.82. The van der Waals surface area contributed by atoms with Crippen molar-refractivity contribution in [2.75, 3.05) is 20.2 Å². The summed E-state index contributed by atoms with van der Waals surface area (Å²) in [5, 5.41) is 11.6. The Balaban J connectivity index is 3.35. The molecule has 0 aromatic heterocycles. The Morgan fingerprint density at radius 2 is 2.23 bits per heavy atom. The average molecular weight is 190 g/mol. The molecule has 0 aromatic carbocycles. The molecule has 0 rings (SSSR count). The molecule has 0 aliphatic heterocycles. The van der Waals surface area contributed by atoms with Gasteiger partial charge in [-0.25, -0.2) is 0 Å². The van der Waals surface area contributed by atoms with E-state index in [4.69, 9.17) is 10.8 Å². The van der Waals surface area contributed by atoms with Crippen LogP contribution in [0.4, 0.5) is 0 Å². The average Bonchev–Trinajstić information content (AvgIpc) is 2.11. The maximum Gasteiger partial charge on any atom is 0.306 e. The van der Waals surface area contributed by atoms with E-state index in [0.29, 0.717) is 6.54 Å². The molecule has 0 aliphatic rings. The van der Waals surface area contributed by atoms with Gasteiger partial charge in [0.25, 0.3) is 0 Å². The van der Waals surface area contributed by atoms with E-state index in [1.165, 1.54) is 7.11 Å². The van der Waals surface area contributed by atoms with Crippen molar-refractivity contribution in [3.63, 3.8) is 0 Å². The standard InChI is InChI=1S/C7H14N2O4/c1-13-6(11)2-3-9-4-5(10)7(8)12/h5,9-10H,2-4H2,1H3,(H2,8,12). The van der Waals surface area contributed by atoms with Crippen molar-refractivity contribution >= 4 is 11.9 Å². The summed E-state index contributed by atoms with van der Waals surface area (Å²) >= 11 is 0. The van der Waals surface area contributed by atoms with Gasteiger partial charge in [-0.2, -0.15) is 0 Å². The van der Waals surface area contributed by atoms with Gasteiger partial charge in [-0.15, -0.1) is 0 Å². The van der Waals surface area contributed by atoms with Crippen LogP contribution in [0.5, 0.6) is 0 Å². The van der Waals surface area contributed by atoms with Crippen molar-refractivity contribution in [3.05, 3.63) is 0 Å². The van der Waals surface area contributed by atoms with Gasteiger partial charge in [0, 0.05) is 13.1 Å². The van der Waals surface area contributed by atoms with Crippen LogP contribution < -0.4 is 11.1 Å². The van der Waals surface area contributed by atoms with E-state index < -0.39 is 12.0 Å². The Hall–Kier alpha value is -1.14. The third-order valence-electron chi connectivity index (χ3n) is 1.40. The van der Waals surface area contributed by atoms with E-state index >= 15 is 0 Å². The molecule has 1 unspecified atom stereocenters. The van der Waals surface area contributed by atoms with E-state index in [2.05, 4.69) is 10.1 Å². The monoisotopic (exact) mass is 190 g/mol. The van der Waals surface area contributed by atoms with Crippen molar-refractivity contribution in [3.8, 4) is 0 Å². The Bertz CT molecular complexity index is 183. The summed E-state index contributed by atoms with van der Waals surface area (Å²) in [6.07, 6.45) is -1.01. The lowest BCUT2D eigenvalue weighted by Gasteiger charge is -2.06. The highest BCUT2D eigenvalue weighted by Gasteiger charge is 2.09. The topological polar surface area (TPSA) is 102 Å². The summed E-state index contributed by atoms with van der Waals surface area (Å²) < 4.78 is 4.37. The molecule has 13 heavy (non-hydrogen) atoms. The van der Waals surface area contributed by atoms with Gasteiger partial charge in [-0.05, 0) is 0 Å². The van der Waals surface area contributed by atoms with E-state index in [9.17, 15) is 9.59 Å². The van der Waals surface area contributed by atoms with Crippen molar-refractivity contribution in [1.82, 2.24) is 5.32 Å². The lowest BCUT2D eigenvalue weighted by molar-refractivity contribution is -0.140. The lowest BCUT2D eigenvalue weighted by atomic mass is 10.3. The van der Waals surface area contributed by atoms with Crippen LogP contribution in [0.2, 0.25) is 0 Å². The number of carbonyl (C=O) groups excluding carboxylic acids is 2. The number of carbonyl (C=O) groups is 2. The maximum atomic E-state index is 10.6. The minimum Gasteiger partial charge on any atom is -0.469 e. The number of hydrogen-bond donors (Lipinski definition) is 3. The summed E-state index contributed by atoms with van der Waals surface area (Å²) in [7, 11) is 1.29. The Labute approximate surface area is 76.0 Å². The number of ether oxygens (including phenoxy) is 1. The number of aliphatic hydroxyl groups is 1. The molecule has 0 saturated heterocycles. The number of hydrogen-bond acceptors (Lipinski definition) is 5. The minimum atomic E-state index is -1.21. The van der Waals surface area contributed by atoms with Gasteiger partial charge in [0.05, 0.1) is 13.5 Å². The van der Waals surface area contributed by atoms with Crippen LogP contribution in [0.25, 0.3) is 0 Å². The number of methoxy groups -OCH3 is 1. The fourth-order valence-corrected chi connectivity index (χ4v) is 0.632.